The lowest BCUT2D eigenvalue weighted by Gasteiger charge is -2.05. The molecule has 1 aliphatic carbocycles. The fraction of sp³-hybridized carbons (Fsp3) is 0.385. The Morgan fingerprint density at radius 1 is 1.40 bits per heavy atom. The van der Waals surface area contributed by atoms with E-state index in [4.69, 9.17) is 5.11 Å². The maximum atomic E-state index is 13.2. The number of amides is 1. The van der Waals surface area contributed by atoms with Crippen molar-refractivity contribution < 1.29 is 23.3 Å². The minimum atomic E-state index is -1.68. The molecule has 0 spiro atoms. The fourth-order valence-electron chi connectivity index (χ4n) is 1.64. The highest BCUT2D eigenvalue weighted by atomic mass is 32.2. The van der Waals surface area contributed by atoms with Gasteiger partial charge < -0.3 is 10.4 Å². The van der Waals surface area contributed by atoms with Crippen molar-refractivity contribution in [2.24, 2.45) is 5.92 Å². The zero-order valence-corrected chi connectivity index (χ0v) is 11.4. The predicted molar refractivity (Wildman–Crippen MR) is 70.4 cm³/mol. The summed E-state index contributed by atoms with van der Waals surface area (Å²) >= 11 is 0. The molecule has 0 bridgehead atoms. The molecule has 1 atom stereocenters. The van der Waals surface area contributed by atoms with E-state index in [1.807, 2.05) is 0 Å². The van der Waals surface area contributed by atoms with Gasteiger partial charge in [0, 0.05) is 11.4 Å². The van der Waals surface area contributed by atoms with Crippen molar-refractivity contribution in [1.82, 2.24) is 5.32 Å². The van der Waals surface area contributed by atoms with Crippen molar-refractivity contribution in [3.8, 4) is 0 Å². The number of carbonyl (C=O) groups is 2. The molecule has 0 saturated heterocycles. The summed E-state index contributed by atoms with van der Waals surface area (Å²) in [6.45, 7) is 0.583. The normalized spacial score (nSPS) is 15.7. The maximum absolute atomic E-state index is 13.2. The number of aromatic carboxylic acids is 1. The number of hydrogen-bond donors (Lipinski definition) is 2. The van der Waals surface area contributed by atoms with E-state index < -0.39 is 28.1 Å². The SMILES string of the molecule is O=C(CS(=O)c1ccc(F)c(C(=O)O)c1)NCC1CC1. The lowest BCUT2D eigenvalue weighted by atomic mass is 10.2. The summed E-state index contributed by atoms with van der Waals surface area (Å²) in [6, 6.07) is 3.17. The lowest BCUT2D eigenvalue weighted by molar-refractivity contribution is -0.118. The van der Waals surface area contributed by atoms with E-state index in [0.717, 1.165) is 25.0 Å². The van der Waals surface area contributed by atoms with Crippen LogP contribution in [-0.2, 0) is 15.6 Å². The van der Waals surface area contributed by atoms with Gasteiger partial charge in [0.15, 0.2) is 0 Å². The molecule has 0 heterocycles. The van der Waals surface area contributed by atoms with Gasteiger partial charge in [-0.05, 0) is 37.0 Å². The first-order chi connectivity index (χ1) is 9.47. The van der Waals surface area contributed by atoms with Crippen LogP contribution in [0.2, 0.25) is 0 Å². The van der Waals surface area contributed by atoms with E-state index in [2.05, 4.69) is 5.32 Å². The van der Waals surface area contributed by atoms with Crippen molar-refractivity contribution in [2.75, 3.05) is 12.3 Å². The van der Waals surface area contributed by atoms with Gasteiger partial charge >= 0.3 is 5.97 Å². The Morgan fingerprint density at radius 3 is 2.70 bits per heavy atom. The zero-order chi connectivity index (χ0) is 14.7. The van der Waals surface area contributed by atoms with E-state index in [0.29, 0.717) is 12.5 Å². The molecular weight excluding hydrogens is 285 g/mol. The topological polar surface area (TPSA) is 83.5 Å². The molecular formula is C13H14FNO4S. The first-order valence-corrected chi connectivity index (χ1v) is 7.47. The molecule has 1 aromatic carbocycles. The van der Waals surface area contributed by atoms with E-state index in [9.17, 15) is 18.2 Å². The molecule has 5 nitrogen and oxygen atoms in total. The summed E-state index contributed by atoms with van der Waals surface area (Å²) in [5.41, 5.74) is -0.547. The Balaban J connectivity index is 1.99. The first-order valence-electron chi connectivity index (χ1n) is 6.15. The van der Waals surface area contributed by atoms with Gasteiger partial charge in [-0.1, -0.05) is 0 Å². The van der Waals surface area contributed by atoms with Gasteiger partial charge in [0.1, 0.15) is 11.6 Å². The van der Waals surface area contributed by atoms with Crippen molar-refractivity contribution in [2.45, 2.75) is 17.7 Å². The monoisotopic (exact) mass is 299 g/mol. The van der Waals surface area contributed by atoms with Crippen LogP contribution in [0.15, 0.2) is 23.1 Å². The Kier molecular flexibility index (Phi) is 4.49. The largest absolute Gasteiger partial charge is 0.478 e. The van der Waals surface area contributed by atoms with Crippen LogP contribution in [0.1, 0.15) is 23.2 Å². The standard InChI is InChI=1S/C13H14FNO4S/c14-11-4-3-9(5-10(11)13(17)18)20(19)7-12(16)15-6-8-1-2-8/h3-5,8H,1-2,6-7H2,(H,15,16)(H,17,18). The highest BCUT2D eigenvalue weighted by Gasteiger charge is 2.22. The predicted octanol–water partition coefficient (Wildman–Crippen LogP) is 1.16. The van der Waals surface area contributed by atoms with Crippen molar-refractivity contribution in [3.05, 3.63) is 29.6 Å². The number of nitrogens with one attached hydrogen (secondary N) is 1. The quantitative estimate of drug-likeness (QED) is 0.825. The molecule has 0 aromatic heterocycles. The minimum absolute atomic E-state index is 0.130. The second-order valence-electron chi connectivity index (χ2n) is 4.68. The third-order valence-electron chi connectivity index (χ3n) is 2.98. The first kappa shape index (κ1) is 14.6. The fourth-order valence-corrected chi connectivity index (χ4v) is 2.62. The third-order valence-corrected chi connectivity index (χ3v) is 4.28. The van der Waals surface area contributed by atoms with Crippen LogP contribution in [0.25, 0.3) is 0 Å². The maximum Gasteiger partial charge on any atom is 0.338 e. The summed E-state index contributed by atoms with van der Waals surface area (Å²) in [6.07, 6.45) is 2.20. The molecule has 1 fully saturated rings. The van der Waals surface area contributed by atoms with Gasteiger partial charge in [-0.25, -0.2) is 9.18 Å². The highest BCUT2D eigenvalue weighted by molar-refractivity contribution is 7.85. The van der Waals surface area contributed by atoms with Crippen molar-refractivity contribution in [3.63, 3.8) is 0 Å². The van der Waals surface area contributed by atoms with Crippen molar-refractivity contribution >= 4 is 22.7 Å². The van der Waals surface area contributed by atoms with E-state index >= 15 is 0 Å². The van der Waals surface area contributed by atoms with Gasteiger partial charge in [-0.2, -0.15) is 0 Å². The van der Waals surface area contributed by atoms with Crippen molar-refractivity contribution in [1.29, 1.82) is 0 Å². The molecule has 1 saturated carbocycles. The molecule has 1 aromatic rings. The lowest BCUT2D eigenvalue weighted by Crippen LogP contribution is -2.30. The second-order valence-corrected chi connectivity index (χ2v) is 6.14. The molecule has 2 N–H and O–H groups in total. The molecule has 1 unspecified atom stereocenters. The van der Waals surface area contributed by atoms with Gasteiger partial charge in [-0.15, -0.1) is 0 Å². The van der Waals surface area contributed by atoms with Gasteiger partial charge in [0.05, 0.1) is 16.4 Å². The molecule has 0 radical (unpaired) electrons. The van der Waals surface area contributed by atoms with Crippen LogP contribution in [0.3, 0.4) is 0 Å². The Hall–Kier alpha value is -1.76. The van der Waals surface area contributed by atoms with Crippen LogP contribution < -0.4 is 5.32 Å². The molecule has 1 aliphatic rings. The number of halogens is 1. The smallest absolute Gasteiger partial charge is 0.338 e. The highest BCUT2D eigenvalue weighted by Crippen LogP contribution is 2.27. The number of rotatable bonds is 6. The Morgan fingerprint density at radius 2 is 2.10 bits per heavy atom. The van der Waals surface area contributed by atoms with E-state index in [1.54, 1.807) is 0 Å². The number of carbonyl (C=O) groups excluding carboxylic acids is 1. The molecule has 1 amide bonds. The number of hydrogen-bond acceptors (Lipinski definition) is 3. The summed E-state index contributed by atoms with van der Waals surface area (Å²) in [4.78, 5) is 22.5. The van der Waals surface area contributed by atoms with Crippen LogP contribution >= 0.6 is 0 Å². The van der Waals surface area contributed by atoms with Gasteiger partial charge in [0.2, 0.25) is 5.91 Å². The van der Waals surface area contributed by atoms with E-state index in [-0.39, 0.29) is 16.6 Å². The Labute approximate surface area is 117 Å². The summed E-state index contributed by atoms with van der Waals surface area (Å²) in [5.74, 6) is -2.40. The van der Waals surface area contributed by atoms with Crippen LogP contribution in [0.4, 0.5) is 4.39 Å². The zero-order valence-electron chi connectivity index (χ0n) is 10.6. The summed E-state index contributed by atoms with van der Waals surface area (Å²) in [5, 5.41) is 11.5. The second kappa shape index (κ2) is 6.13. The number of carboxylic acid groups (broad SMARTS) is 1. The summed E-state index contributed by atoms with van der Waals surface area (Å²) < 4.78 is 25.1. The molecule has 20 heavy (non-hydrogen) atoms. The third kappa shape index (κ3) is 3.86. The van der Waals surface area contributed by atoms with Gasteiger partial charge in [0.25, 0.3) is 0 Å². The Bertz CT molecular complexity index is 571. The summed E-state index contributed by atoms with van der Waals surface area (Å²) in [7, 11) is -1.68. The average molecular weight is 299 g/mol. The molecule has 2 rings (SSSR count). The molecule has 0 aliphatic heterocycles. The van der Waals surface area contributed by atoms with Crippen LogP contribution in [0, 0.1) is 11.7 Å². The van der Waals surface area contributed by atoms with Gasteiger partial charge in [-0.3, -0.25) is 9.00 Å². The number of benzene rings is 1. The average Bonchev–Trinajstić information content (AvgIpc) is 3.20. The molecule has 108 valence electrons. The van der Waals surface area contributed by atoms with Crippen LogP contribution in [-0.4, -0.2) is 33.5 Å². The van der Waals surface area contributed by atoms with Crippen LogP contribution in [0.5, 0.6) is 0 Å². The number of carboxylic acids is 1. The minimum Gasteiger partial charge on any atom is -0.478 e. The van der Waals surface area contributed by atoms with E-state index in [1.165, 1.54) is 6.07 Å². The molecule has 7 heteroatoms.